The molecule has 8 heteroatoms. The fourth-order valence-corrected chi connectivity index (χ4v) is 4.09. The summed E-state index contributed by atoms with van der Waals surface area (Å²) in [5.41, 5.74) is 4.36. The van der Waals surface area contributed by atoms with Crippen LogP contribution >= 0.6 is 0 Å². The van der Waals surface area contributed by atoms with Crippen molar-refractivity contribution in [1.29, 1.82) is 0 Å². The first-order chi connectivity index (χ1) is 15.9. The minimum atomic E-state index is -0.521. The van der Waals surface area contributed by atoms with Gasteiger partial charge in [0.05, 0.1) is 24.7 Å². The van der Waals surface area contributed by atoms with E-state index in [4.69, 9.17) is 4.74 Å². The van der Waals surface area contributed by atoms with Crippen molar-refractivity contribution in [3.05, 3.63) is 54.0 Å². The third kappa shape index (κ3) is 4.41. The molecule has 0 fully saturated rings. The fraction of sp³-hybridized carbons (Fsp3) is 0.320. The van der Waals surface area contributed by atoms with Gasteiger partial charge in [0.2, 0.25) is 5.91 Å². The molecule has 4 aromatic rings. The standard InChI is InChI=1S/C25H29N5O3/c1-5-15(2)28-18-12-20-22(29-16(3)31)23(25(32)33-4)30(24(20)27-14-18)11-10-17-13-26-21-9-7-6-8-19(17)21/h6-9,12-15,26,28H,5,10-11H2,1-4H3,(H,29,31). The lowest BCUT2D eigenvalue weighted by molar-refractivity contribution is -0.114. The van der Waals surface area contributed by atoms with Crippen LogP contribution in [0.25, 0.3) is 21.9 Å². The molecule has 172 valence electrons. The van der Waals surface area contributed by atoms with Crippen molar-refractivity contribution in [2.24, 2.45) is 0 Å². The lowest BCUT2D eigenvalue weighted by Crippen LogP contribution is -2.16. The lowest BCUT2D eigenvalue weighted by Gasteiger charge is -2.13. The van der Waals surface area contributed by atoms with Gasteiger partial charge in [-0.2, -0.15) is 0 Å². The highest BCUT2D eigenvalue weighted by Crippen LogP contribution is 2.33. The predicted octanol–water partition coefficient (Wildman–Crippen LogP) is 4.72. The zero-order valence-electron chi connectivity index (χ0n) is 19.4. The number of carbonyl (C=O) groups is 2. The number of para-hydroxylation sites is 1. The van der Waals surface area contributed by atoms with Crippen LogP contribution < -0.4 is 10.6 Å². The number of rotatable bonds is 8. The van der Waals surface area contributed by atoms with Crippen molar-refractivity contribution in [2.45, 2.75) is 46.2 Å². The van der Waals surface area contributed by atoms with Gasteiger partial charge >= 0.3 is 5.97 Å². The number of aryl methyl sites for hydroxylation is 2. The van der Waals surface area contributed by atoms with Crippen molar-refractivity contribution in [3.63, 3.8) is 0 Å². The molecule has 1 unspecified atom stereocenters. The Kier molecular flexibility index (Phi) is 6.35. The van der Waals surface area contributed by atoms with Gasteiger partial charge in [-0.05, 0) is 37.5 Å². The van der Waals surface area contributed by atoms with E-state index >= 15 is 0 Å². The molecule has 0 saturated carbocycles. The van der Waals surface area contributed by atoms with E-state index in [1.807, 2.05) is 35.0 Å². The number of methoxy groups -OCH3 is 1. The number of anilines is 2. The monoisotopic (exact) mass is 447 g/mol. The van der Waals surface area contributed by atoms with Crippen LogP contribution in [-0.4, -0.2) is 39.6 Å². The van der Waals surface area contributed by atoms with E-state index in [2.05, 4.69) is 40.5 Å². The summed E-state index contributed by atoms with van der Waals surface area (Å²) < 4.78 is 6.92. The molecule has 0 spiro atoms. The van der Waals surface area contributed by atoms with E-state index < -0.39 is 5.97 Å². The molecule has 0 aliphatic carbocycles. The summed E-state index contributed by atoms with van der Waals surface area (Å²) in [5, 5.41) is 8.08. The Labute approximate surface area is 192 Å². The lowest BCUT2D eigenvalue weighted by atomic mass is 10.1. The molecule has 3 heterocycles. The first-order valence-corrected chi connectivity index (χ1v) is 11.1. The van der Waals surface area contributed by atoms with Crippen LogP contribution in [0.2, 0.25) is 0 Å². The van der Waals surface area contributed by atoms with Crippen LogP contribution in [0.4, 0.5) is 11.4 Å². The van der Waals surface area contributed by atoms with Crippen LogP contribution in [0.1, 0.15) is 43.2 Å². The highest BCUT2D eigenvalue weighted by Gasteiger charge is 2.26. The first-order valence-electron chi connectivity index (χ1n) is 11.1. The van der Waals surface area contributed by atoms with E-state index in [0.29, 0.717) is 29.7 Å². The highest BCUT2D eigenvalue weighted by atomic mass is 16.5. The maximum atomic E-state index is 12.8. The molecule has 0 aliphatic rings. The van der Waals surface area contributed by atoms with Gasteiger partial charge in [0.15, 0.2) is 5.69 Å². The summed E-state index contributed by atoms with van der Waals surface area (Å²) in [5.74, 6) is -0.789. The summed E-state index contributed by atoms with van der Waals surface area (Å²) in [6.45, 7) is 6.10. The smallest absolute Gasteiger partial charge is 0.356 e. The molecule has 1 atom stereocenters. The summed E-state index contributed by atoms with van der Waals surface area (Å²) in [6, 6.07) is 10.3. The minimum absolute atomic E-state index is 0.262. The molecule has 4 rings (SSSR count). The van der Waals surface area contributed by atoms with Gasteiger partial charge in [-0.25, -0.2) is 9.78 Å². The zero-order valence-corrected chi connectivity index (χ0v) is 19.4. The molecule has 8 nitrogen and oxygen atoms in total. The highest BCUT2D eigenvalue weighted by molar-refractivity contribution is 6.11. The van der Waals surface area contributed by atoms with Crippen molar-refractivity contribution >= 4 is 45.2 Å². The average molecular weight is 448 g/mol. The third-order valence-corrected chi connectivity index (χ3v) is 5.88. The number of benzene rings is 1. The molecule has 1 aromatic carbocycles. The normalized spacial score (nSPS) is 12.1. The Balaban J connectivity index is 1.82. The number of nitrogens with one attached hydrogen (secondary N) is 3. The van der Waals surface area contributed by atoms with Gasteiger partial charge in [0.1, 0.15) is 5.65 Å². The second-order valence-corrected chi connectivity index (χ2v) is 8.21. The molecule has 0 bridgehead atoms. The fourth-order valence-electron chi connectivity index (χ4n) is 4.09. The third-order valence-electron chi connectivity index (χ3n) is 5.88. The van der Waals surface area contributed by atoms with Crippen molar-refractivity contribution in [3.8, 4) is 0 Å². The Morgan fingerprint density at radius 3 is 2.76 bits per heavy atom. The van der Waals surface area contributed by atoms with Gasteiger partial charge in [-0.15, -0.1) is 0 Å². The number of H-pyrrole nitrogens is 1. The van der Waals surface area contributed by atoms with Crippen LogP contribution in [0, 0.1) is 0 Å². The van der Waals surface area contributed by atoms with Gasteiger partial charge in [0.25, 0.3) is 0 Å². The van der Waals surface area contributed by atoms with Gasteiger partial charge in [-0.3, -0.25) is 4.79 Å². The minimum Gasteiger partial charge on any atom is -0.464 e. The number of fused-ring (bicyclic) bond motifs is 2. The van der Waals surface area contributed by atoms with Gasteiger partial charge in [0, 0.05) is 42.0 Å². The van der Waals surface area contributed by atoms with Gasteiger partial charge < -0.3 is 24.9 Å². The molecule has 3 aromatic heterocycles. The summed E-state index contributed by atoms with van der Waals surface area (Å²) in [6.07, 6.45) is 5.38. The summed E-state index contributed by atoms with van der Waals surface area (Å²) >= 11 is 0. The number of hydrogen-bond acceptors (Lipinski definition) is 5. The molecule has 0 saturated heterocycles. The molecule has 3 N–H and O–H groups in total. The Hall–Kier alpha value is -3.81. The topological polar surface area (TPSA) is 101 Å². The van der Waals surface area contributed by atoms with E-state index in [9.17, 15) is 9.59 Å². The quantitative estimate of drug-likeness (QED) is 0.340. The maximum Gasteiger partial charge on any atom is 0.356 e. The van der Waals surface area contributed by atoms with Crippen LogP contribution in [-0.2, 0) is 22.5 Å². The van der Waals surface area contributed by atoms with E-state index in [1.54, 1.807) is 6.20 Å². The Morgan fingerprint density at radius 2 is 2.03 bits per heavy atom. The molecule has 33 heavy (non-hydrogen) atoms. The second-order valence-electron chi connectivity index (χ2n) is 8.21. The molecule has 0 radical (unpaired) electrons. The molecule has 1 amide bonds. The Morgan fingerprint density at radius 1 is 1.24 bits per heavy atom. The molecular weight excluding hydrogens is 418 g/mol. The van der Waals surface area contributed by atoms with Crippen LogP contribution in [0.15, 0.2) is 42.7 Å². The molecular formula is C25H29N5O3. The van der Waals surface area contributed by atoms with Crippen molar-refractivity contribution in [1.82, 2.24) is 14.5 Å². The van der Waals surface area contributed by atoms with Crippen LogP contribution in [0.3, 0.4) is 0 Å². The number of amides is 1. The average Bonchev–Trinajstić information content (AvgIpc) is 3.35. The van der Waals surface area contributed by atoms with E-state index in [1.165, 1.54) is 14.0 Å². The zero-order chi connectivity index (χ0) is 23.5. The number of aromatic amines is 1. The summed E-state index contributed by atoms with van der Waals surface area (Å²) in [4.78, 5) is 32.8. The van der Waals surface area contributed by atoms with Crippen LogP contribution in [0.5, 0.6) is 0 Å². The number of hydrogen-bond donors (Lipinski definition) is 3. The number of aromatic nitrogens is 3. The number of carbonyl (C=O) groups excluding carboxylic acids is 2. The van der Waals surface area contributed by atoms with E-state index in [-0.39, 0.29) is 17.6 Å². The summed E-state index contributed by atoms with van der Waals surface area (Å²) in [7, 11) is 1.34. The predicted molar refractivity (Wildman–Crippen MR) is 131 cm³/mol. The number of ether oxygens (including phenoxy) is 1. The molecule has 0 aliphatic heterocycles. The van der Waals surface area contributed by atoms with Crippen molar-refractivity contribution in [2.75, 3.05) is 17.7 Å². The van der Waals surface area contributed by atoms with Crippen molar-refractivity contribution < 1.29 is 14.3 Å². The first kappa shape index (κ1) is 22.4. The van der Waals surface area contributed by atoms with E-state index in [0.717, 1.165) is 28.6 Å². The second kappa shape index (κ2) is 9.36. The number of pyridine rings is 1. The maximum absolute atomic E-state index is 12.8. The number of nitrogens with zero attached hydrogens (tertiary/aromatic N) is 2. The number of esters is 1. The largest absolute Gasteiger partial charge is 0.464 e. The van der Waals surface area contributed by atoms with Gasteiger partial charge in [-0.1, -0.05) is 25.1 Å². The Bertz CT molecular complexity index is 1320. The SMILES string of the molecule is CCC(C)Nc1cnc2c(c1)c(NC(C)=O)c(C(=O)OC)n2CCc1c[nH]c2ccccc12.